The molecule has 2 atom stereocenters. The average Bonchev–Trinajstić information content (AvgIpc) is 3.08. The average molecular weight is 414 g/mol. The Morgan fingerprint density at radius 3 is 2.58 bits per heavy atom. The maximum absolute atomic E-state index is 12.5. The molecule has 1 aliphatic rings. The van der Waals surface area contributed by atoms with E-state index in [4.69, 9.17) is 5.73 Å². The summed E-state index contributed by atoms with van der Waals surface area (Å²) in [5.74, 6) is 2.23. The van der Waals surface area contributed by atoms with E-state index in [9.17, 15) is 4.79 Å². The number of aromatic nitrogens is 1. The predicted octanol–water partition coefficient (Wildman–Crippen LogP) is 3.36. The summed E-state index contributed by atoms with van der Waals surface area (Å²) < 4.78 is 0. The highest BCUT2D eigenvalue weighted by Gasteiger charge is 2.34. The lowest BCUT2D eigenvalue weighted by Gasteiger charge is -2.16. The van der Waals surface area contributed by atoms with Gasteiger partial charge in [0, 0.05) is 37.2 Å². The van der Waals surface area contributed by atoms with Crippen LogP contribution in [0.4, 0.5) is 0 Å². The molecule has 2 N–H and O–H groups in total. The van der Waals surface area contributed by atoms with E-state index >= 15 is 0 Å². The Labute approximate surface area is 171 Å². The molecule has 2 heterocycles. The van der Waals surface area contributed by atoms with Crippen molar-refractivity contribution in [1.82, 2.24) is 9.88 Å². The Balaban J connectivity index is 0.00000169. The minimum atomic E-state index is 0. The largest absolute Gasteiger partial charge is 0.341 e. The Morgan fingerprint density at radius 2 is 1.92 bits per heavy atom. The third-order valence-corrected chi connectivity index (χ3v) is 5.53. The summed E-state index contributed by atoms with van der Waals surface area (Å²) in [5.41, 5.74) is 8.39. The van der Waals surface area contributed by atoms with Crippen molar-refractivity contribution in [2.75, 3.05) is 25.4 Å². The van der Waals surface area contributed by atoms with E-state index in [0.29, 0.717) is 24.1 Å². The smallest absolute Gasteiger partial charge is 0.232 e. The number of benzene rings is 1. The van der Waals surface area contributed by atoms with Gasteiger partial charge in [-0.15, -0.1) is 36.6 Å². The molecule has 3 rings (SSSR count). The number of hydrogen-bond acceptors (Lipinski definition) is 4. The number of carbonyl (C=O) groups excluding carboxylic acids is 1. The van der Waals surface area contributed by atoms with Crippen LogP contribution in [0.5, 0.6) is 0 Å². The SMILES string of the molecule is Cl.Cl.NC[C@@H]1CN(C(=O)CSCc2cccnc2)C[C@H]1c1ccccc1. The van der Waals surface area contributed by atoms with E-state index in [1.165, 1.54) is 5.56 Å². The monoisotopic (exact) mass is 413 g/mol. The molecule has 0 spiro atoms. The molecule has 1 amide bonds. The molecule has 1 fully saturated rings. The number of nitrogens with zero attached hydrogens (tertiary/aromatic N) is 2. The summed E-state index contributed by atoms with van der Waals surface area (Å²) in [6, 6.07) is 14.4. The first-order valence-corrected chi connectivity index (χ1v) is 9.43. The number of pyridine rings is 1. The van der Waals surface area contributed by atoms with E-state index in [0.717, 1.165) is 24.4 Å². The first kappa shape index (κ1) is 22.8. The summed E-state index contributed by atoms with van der Waals surface area (Å²) in [6.45, 7) is 2.16. The Hall–Kier alpha value is -1.27. The van der Waals surface area contributed by atoms with E-state index in [1.807, 2.05) is 29.3 Å². The van der Waals surface area contributed by atoms with E-state index in [2.05, 4.69) is 29.2 Å². The second-order valence-electron chi connectivity index (χ2n) is 6.17. The second kappa shape index (κ2) is 11.4. The van der Waals surface area contributed by atoms with Crippen molar-refractivity contribution >= 4 is 42.5 Å². The lowest BCUT2D eigenvalue weighted by atomic mass is 9.89. The van der Waals surface area contributed by atoms with Crippen LogP contribution in [0.25, 0.3) is 0 Å². The van der Waals surface area contributed by atoms with Gasteiger partial charge < -0.3 is 10.6 Å². The highest BCUT2D eigenvalue weighted by molar-refractivity contribution is 7.99. The molecular formula is C19H25Cl2N3OS. The molecule has 1 saturated heterocycles. The van der Waals surface area contributed by atoms with Crippen LogP contribution in [0.15, 0.2) is 54.9 Å². The third-order valence-electron chi connectivity index (χ3n) is 4.54. The fourth-order valence-corrected chi connectivity index (χ4v) is 4.09. The Morgan fingerprint density at radius 1 is 1.15 bits per heavy atom. The molecular weight excluding hydrogens is 389 g/mol. The van der Waals surface area contributed by atoms with Gasteiger partial charge in [0.25, 0.3) is 0 Å². The van der Waals surface area contributed by atoms with Crippen molar-refractivity contribution in [1.29, 1.82) is 0 Å². The van der Waals surface area contributed by atoms with Crippen LogP contribution in [0.3, 0.4) is 0 Å². The molecule has 7 heteroatoms. The maximum Gasteiger partial charge on any atom is 0.232 e. The Bertz CT molecular complexity index is 660. The van der Waals surface area contributed by atoms with Crippen LogP contribution in [-0.4, -0.2) is 41.2 Å². The van der Waals surface area contributed by atoms with Crippen LogP contribution in [0.1, 0.15) is 17.0 Å². The van der Waals surface area contributed by atoms with Gasteiger partial charge in [0.05, 0.1) is 5.75 Å². The van der Waals surface area contributed by atoms with E-state index in [-0.39, 0.29) is 30.7 Å². The molecule has 0 unspecified atom stereocenters. The highest BCUT2D eigenvalue weighted by atomic mass is 35.5. The second-order valence-corrected chi connectivity index (χ2v) is 7.15. The summed E-state index contributed by atoms with van der Waals surface area (Å²) in [7, 11) is 0. The number of halogens is 2. The molecule has 1 aromatic carbocycles. The molecule has 142 valence electrons. The van der Waals surface area contributed by atoms with Gasteiger partial charge in [-0.05, 0) is 29.7 Å². The quantitative estimate of drug-likeness (QED) is 0.788. The molecule has 4 nitrogen and oxygen atoms in total. The predicted molar refractivity (Wildman–Crippen MR) is 113 cm³/mol. The molecule has 0 saturated carbocycles. The molecule has 2 aromatic rings. The summed E-state index contributed by atoms with van der Waals surface area (Å²) in [5, 5.41) is 0. The first-order valence-electron chi connectivity index (χ1n) is 8.27. The van der Waals surface area contributed by atoms with E-state index in [1.54, 1.807) is 18.0 Å². The van der Waals surface area contributed by atoms with Crippen molar-refractivity contribution in [3.8, 4) is 0 Å². The van der Waals surface area contributed by atoms with Crippen LogP contribution in [0, 0.1) is 5.92 Å². The van der Waals surface area contributed by atoms with Crippen LogP contribution < -0.4 is 5.73 Å². The summed E-state index contributed by atoms with van der Waals surface area (Å²) in [4.78, 5) is 18.6. The van der Waals surface area contributed by atoms with Gasteiger partial charge >= 0.3 is 0 Å². The zero-order chi connectivity index (χ0) is 16.8. The Kier molecular flexibility index (Phi) is 10.0. The zero-order valence-electron chi connectivity index (χ0n) is 14.5. The third kappa shape index (κ3) is 5.88. The fraction of sp³-hybridized carbons (Fsp3) is 0.368. The van der Waals surface area contributed by atoms with Gasteiger partial charge in [0.15, 0.2) is 0 Å². The van der Waals surface area contributed by atoms with Crippen LogP contribution in [-0.2, 0) is 10.5 Å². The minimum Gasteiger partial charge on any atom is -0.341 e. The number of likely N-dealkylation sites (tertiary alicyclic amines) is 1. The van der Waals surface area contributed by atoms with Crippen molar-refractivity contribution in [2.45, 2.75) is 11.7 Å². The van der Waals surface area contributed by atoms with E-state index < -0.39 is 0 Å². The minimum absolute atomic E-state index is 0. The van der Waals surface area contributed by atoms with Crippen molar-refractivity contribution < 1.29 is 4.79 Å². The summed E-state index contributed by atoms with van der Waals surface area (Å²) >= 11 is 1.64. The topological polar surface area (TPSA) is 59.2 Å². The van der Waals surface area contributed by atoms with Gasteiger partial charge in [-0.1, -0.05) is 36.4 Å². The van der Waals surface area contributed by atoms with Crippen LogP contribution >= 0.6 is 36.6 Å². The van der Waals surface area contributed by atoms with Crippen molar-refractivity contribution in [2.24, 2.45) is 11.7 Å². The molecule has 0 radical (unpaired) electrons. The van der Waals surface area contributed by atoms with Crippen molar-refractivity contribution in [3.05, 3.63) is 66.0 Å². The lowest BCUT2D eigenvalue weighted by Crippen LogP contribution is -2.31. The number of carbonyl (C=O) groups is 1. The number of rotatable bonds is 6. The number of nitrogens with two attached hydrogens (primary N) is 1. The number of amides is 1. The maximum atomic E-state index is 12.5. The lowest BCUT2D eigenvalue weighted by molar-refractivity contribution is -0.127. The normalized spacial score (nSPS) is 18.7. The fourth-order valence-electron chi connectivity index (χ4n) is 3.22. The van der Waals surface area contributed by atoms with Gasteiger partial charge in [-0.3, -0.25) is 9.78 Å². The number of hydrogen-bond donors (Lipinski definition) is 1. The standard InChI is InChI=1S/C19H23N3OS.2ClH/c20-9-17-11-22(12-18(17)16-6-2-1-3-7-16)19(23)14-24-13-15-5-4-8-21-10-15;;/h1-8,10,17-18H,9,11-14,20H2;2*1H/t17-,18+;;/m1../s1. The van der Waals surface area contributed by atoms with Gasteiger partial charge in [-0.2, -0.15) is 0 Å². The highest BCUT2D eigenvalue weighted by Crippen LogP contribution is 2.32. The molecule has 0 aliphatic carbocycles. The van der Waals surface area contributed by atoms with Gasteiger partial charge in [0.1, 0.15) is 0 Å². The first-order chi connectivity index (χ1) is 11.8. The van der Waals surface area contributed by atoms with Gasteiger partial charge in [0.2, 0.25) is 5.91 Å². The molecule has 0 bridgehead atoms. The number of thioether (sulfide) groups is 1. The van der Waals surface area contributed by atoms with Crippen LogP contribution in [0.2, 0.25) is 0 Å². The zero-order valence-corrected chi connectivity index (χ0v) is 16.9. The molecule has 1 aliphatic heterocycles. The molecule has 26 heavy (non-hydrogen) atoms. The summed E-state index contributed by atoms with van der Waals surface area (Å²) in [6.07, 6.45) is 3.61. The molecule has 1 aromatic heterocycles. The van der Waals surface area contributed by atoms with Gasteiger partial charge in [-0.25, -0.2) is 0 Å². The van der Waals surface area contributed by atoms with Crippen molar-refractivity contribution in [3.63, 3.8) is 0 Å².